The van der Waals surface area contributed by atoms with Gasteiger partial charge in [0.2, 0.25) is 0 Å². The van der Waals surface area contributed by atoms with Crippen LogP contribution in [0.15, 0.2) is 60.7 Å². The van der Waals surface area contributed by atoms with Crippen molar-refractivity contribution in [2.75, 3.05) is 7.11 Å². The second-order valence-corrected chi connectivity index (χ2v) is 7.53. The van der Waals surface area contributed by atoms with Crippen molar-refractivity contribution in [2.45, 2.75) is 49.7 Å². The minimum absolute atomic E-state index is 0.120. The number of amides is 1. The highest BCUT2D eigenvalue weighted by molar-refractivity contribution is 5.83. The Labute approximate surface area is 186 Å². The predicted octanol–water partition coefficient (Wildman–Crippen LogP) is 0.398. The lowest BCUT2D eigenvalue weighted by atomic mass is 9.96. The molecule has 0 bridgehead atoms. The molecule has 2 aromatic carbocycles. The Kier molecular flexibility index (Phi) is 8.32. The van der Waals surface area contributed by atoms with Crippen LogP contribution in [-0.4, -0.2) is 59.8 Å². The lowest BCUT2D eigenvalue weighted by molar-refractivity contribution is -0.258. The van der Waals surface area contributed by atoms with Crippen LogP contribution in [0.1, 0.15) is 23.6 Å². The van der Waals surface area contributed by atoms with Gasteiger partial charge in [-0.15, -0.1) is 0 Å². The molecule has 172 valence electrons. The molecule has 0 aliphatic carbocycles. The van der Waals surface area contributed by atoms with Gasteiger partial charge in [0.05, 0.1) is 32.2 Å². The number of aliphatic hydroxyl groups excluding tert-OH is 2. The molecule has 1 aliphatic heterocycles. The molecule has 1 saturated heterocycles. The first-order chi connectivity index (χ1) is 15.4. The summed E-state index contributed by atoms with van der Waals surface area (Å²) >= 11 is 0. The predicted molar refractivity (Wildman–Crippen MR) is 114 cm³/mol. The first kappa shape index (κ1) is 23.8. The number of hydrogen-bond acceptors (Lipinski definition) is 8. The third kappa shape index (κ3) is 5.90. The second kappa shape index (κ2) is 11.2. The molecule has 1 fully saturated rings. The van der Waals surface area contributed by atoms with Gasteiger partial charge in [0.25, 0.3) is 5.91 Å². The normalized spacial score (nSPS) is 26.2. The molecule has 0 saturated carbocycles. The van der Waals surface area contributed by atoms with E-state index in [1.54, 1.807) is 30.3 Å². The summed E-state index contributed by atoms with van der Waals surface area (Å²) < 4.78 is 16.1. The number of nitrogens with two attached hydrogens (primary N) is 1. The quantitative estimate of drug-likeness (QED) is 0.429. The molecule has 6 atom stereocenters. The Hall–Kier alpha value is -2.82. The van der Waals surface area contributed by atoms with Gasteiger partial charge in [-0.05, 0) is 11.1 Å². The average molecular weight is 444 g/mol. The van der Waals surface area contributed by atoms with Crippen LogP contribution in [-0.2, 0) is 30.4 Å². The van der Waals surface area contributed by atoms with E-state index in [-0.39, 0.29) is 13.0 Å². The van der Waals surface area contributed by atoms with E-state index < -0.39 is 48.6 Å². The van der Waals surface area contributed by atoms with Crippen LogP contribution in [0.25, 0.3) is 0 Å². The fourth-order valence-corrected chi connectivity index (χ4v) is 3.44. The van der Waals surface area contributed by atoms with E-state index in [4.69, 9.17) is 19.9 Å². The van der Waals surface area contributed by atoms with Gasteiger partial charge in [-0.1, -0.05) is 60.7 Å². The smallest absolute Gasteiger partial charge is 0.307 e. The average Bonchev–Trinajstić information content (AvgIpc) is 2.82. The van der Waals surface area contributed by atoms with Crippen molar-refractivity contribution < 1.29 is 34.0 Å². The van der Waals surface area contributed by atoms with Crippen LogP contribution in [0, 0.1) is 0 Å². The van der Waals surface area contributed by atoms with E-state index in [0.717, 1.165) is 5.56 Å². The molecule has 0 spiro atoms. The van der Waals surface area contributed by atoms with Crippen molar-refractivity contribution in [2.24, 2.45) is 5.73 Å². The minimum atomic E-state index is -1.57. The first-order valence-electron chi connectivity index (χ1n) is 10.3. The topological polar surface area (TPSA) is 140 Å². The molecular weight excluding hydrogens is 416 g/mol. The summed E-state index contributed by atoms with van der Waals surface area (Å²) in [7, 11) is 1.26. The third-order valence-electron chi connectivity index (χ3n) is 5.28. The Morgan fingerprint density at radius 2 is 1.69 bits per heavy atom. The van der Waals surface area contributed by atoms with E-state index in [9.17, 15) is 19.8 Å². The van der Waals surface area contributed by atoms with Gasteiger partial charge >= 0.3 is 5.97 Å². The summed E-state index contributed by atoms with van der Waals surface area (Å²) in [5, 5.41) is 23.5. The van der Waals surface area contributed by atoms with E-state index in [2.05, 4.69) is 5.32 Å². The SMILES string of the molecule is COC(=O)C[C@H](NC(=O)[C@H]1O[C@H](OCc2ccccc2)[C@H](N)[C@@H](O)[C@H]1O)c1ccccc1. The minimum Gasteiger partial charge on any atom is -0.469 e. The molecule has 0 aromatic heterocycles. The Balaban J connectivity index is 1.71. The van der Waals surface area contributed by atoms with Crippen LogP contribution < -0.4 is 11.1 Å². The van der Waals surface area contributed by atoms with Gasteiger partial charge in [0.1, 0.15) is 12.2 Å². The number of aliphatic hydroxyl groups is 2. The maximum atomic E-state index is 13.0. The molecule has 1 aliphatic rings. The fourth-order valence-electron chi connectivity index (χ4n) is 3.44. The van der Waals surface area contributed by atoms with Gasteiger partial charge in [0, 0.05) is 0 Å². The fraction of sp³-hybridized carbons (Fsp3) is 0.391. The zero-order valence-corrected chi connectivity index (χ0v) is 17.7. The van der Waals surface area contributed by atoms with E-state index >= 15 is 0 Å². The molecule has 5 N–H and O–H groups in total. The molecule has 0 unspecified atom stereocenters. The molecule has 32 heavy (non-hydrogen) atoms. The summed E-state index contributed by atoms with van der Waals surface area (Å²) in [6, 6.07) is 16.3. The number of ether oxygens (including phenoxy) is 3. The number of carbonyl (C=O) groups is 2. The van der Waals surface area contributed by atoms with Crippen molar-refractivity contribution in [3.05, 3.63) is 71.8 Å². The standard InChI is InChI=1S/C23H28N2O7/c1-30-17(26)12-16(15-10-6-3-7-11-15)25-22(29)21-20(28)19(27)18(24)23(32-21)31-13-14-8-4-2-5-9-14/h2-11,16,18-21,23,27-28H,12-13,24H2,1H3,(H,25,29)/t16-,18+,19+,20+,21-,23-/m0/s1. The monoisotopic (exact) mass is 444 g/mol. The van der Waals surface area contributed by atoms with Crippen LogP contribution >= 0.6 is 0 Å². The maximum absolute atomic E-state index is 13.0. The zero-order valence-electron chi connectivity index (χ0n) is 17.7. The molecule has 3 rings (SSSR count). The lowest BCUT2D eigenvalue weighted by Gasteiger charge is -2.40. The van der Waals surface area contributed by atoms with E-state index in [1.165, 1.54) is 7.11 Å². The second-order valence-electron chi connectivity index (χ2n) is 7.53. The number of methoxy groups -OCH3 is 1. The van der Waals surface area contributed by atoms with Crippen LogP contribution in [0.4, 0.5) is 0 Å². The molecule has 2 aromatic rings. The van der Waals surface area contributed by atoms with Crippen LogP contribution in [0.5, 0.6) is 0 Å². The number of esters is 1. The summed E-state index contributed by atoms with van der Waals surface area (Å²) in [6.45, 7) is 0.144. The molecule has 9 heteroatoms. The van der Waals surface area contributed by atoms with Crippen LogP contribution in [0.3, 0.4) is 0 Å². The third-order valence-corrected chi connectivity index (χ3v) is 5.28. The van der Waals surface area contributed by atoms with Gasteiger partial charge in [-0.25, -0.2) is 0 Å². The van der Waals surface area contributed by atoms with Gasteiger partial charge in [-0.2, -0.15) is 0 Å². The molecule has 1 heterocycles. The molecular formula is C23H28N2O7. The summed E-state index contributed by atoms with van der Waals surface area (Å²) in [4.78, 5) is 24.8. The Bertz CT molecular complexity index is 880. The van der Waals surface area contributed by atoms with Crippen molar-refractivity contribution >= 4 is 11.9 Å². The summed E-state index contributed by atoms with van der Waals surface area (Å²) in [5.41, 5.74) is 7.49. The van der Waals surface area contributed by atoms with Crippen LogP contribution in [0.2, 0.25) is 0 Å². The number of hydrogen-bond donors (Lipinski definition) is 4. The zero-order chi connectivity index (χ0) is 23.1. The largest absolute Gasteiger partial charge is 0.469 e. The maximum Gasteiger partial charge on any atom is 0.307 e. The highest BCUT2D eigenvalue weighted by Crippen LogP contribution is 2.24. The lowest BCUT2D eigenvalue weighted by Crippen LogP contribution is -2.64. The number of carbonyl (C=O) groups excluding carboxylic acids is 2. The Morgan fingerprint density at radius 3 is 2.31 bits per heavy atom. The highest BCUT2D eigenvalue weighted by Gasteiger charge is 2.46. The molecule has 1 amide bonds. The van der Waals surface area contributed by atoms with Crippen molar-refractivity contribution in [3.8, 4) is 0 Å². The number of rotatable bonds is 8. The highest BCUT2D eigenvalue weighted by atomic mass is 16.7. The summed E-state index contributed by atoms with van der Waals surface area (Å²) in [5.74, 6) is -1.23. The first-order valence-corrected chi connectivity index (χ1v) is 10.3. The molecule has 9 nitrogen and oxygen atoms in total. The Morgan fingerprint density at radius 1 is 1.06 bits per heavy atom. The van der Waals surface area contributed by atoms with Crippen molar-refractivity contribution in [1.29, 1.82) is 0 Å². The molecule has 0 radical (unpaired) electrons. The number of nitrogens with one attached hydrogen (secondary N) is 1. The van der Waals surface area contributed by atoms with E-state index in [1.807, 2.05) is 30.3 Å². The van der Waals surface area contributed by atoms with Gasteiger partial charge < -0.3 is 35.5 Å². The van der Waals surface area contributed by atoms with Crippen molar-refractivity contribution in [1.82, 2.24) is 5.32 Å². The van der Waals surface area contributed by atoms with Crippen molar-refractivity contribution in [3.63, 3.8) is 0 Å². The summed E-state index contributed by atoms with van der Waals surface area (Å²) in [6.07, 6.45) is -5.72. The van der Waals surface area contributed by atoms with Gasteiger partial charge in [-0.3, -0.25) is 9.59 Å². The van der Waals surface area contributed by atoms with Gasteiger partial charge in [0.15, 0.2) is 12.4 Å². The van der Waals surface area contributed by atoms with E-state index in [0.29, 0.717) is 5.56 Å². The number of benzene rings is 2.